The first kappa shape index (κ1) is 46.4. The average molecular weight is 881 g/mol. The number of carbonyl (C=O) groups excluding carboxylic acids is 9. The Morgan fingerprint density at radius 1 is 0.508 bits per heavy atom. The Balaban J connectivity index is 1.70. The highest BCUT2D eigenvalue weighted by atomic mass is 16.7. The monoisotopic (exact) mass is 880 g/mol. The fraction of sp³-hybridized carbons (Fsp3) is 0.357. The maximum atomic E-state index is 14.0. The van der Waals surface area contributed by atoms with Crippen LogP contribution < -0.4 is 14.2 Å². The van der Waals surface area contributed by atoms with Crippen molar-refractivity contribution in [3.05, 3.63) is 81.4 Å². The molecule has 2 aliphatic rings. The molecular weight excluding hydrogens is 840 g/mol. The summed E-state index contributed by atoms with van der Waals surface area (Å²) in [5.74, 6) is -6.65. The predicted molar refractivity (Wildman–Crippen MR) is 203 cm³/mol. The first-order valence-electron chi connectivity index (χ1n) is 18.8. The van der Waals surface area contributed by atoms with E-state index in [-0.39, 0.29) is 87.6 Å². The van der Waals surface area contributed by atoms with Crippen LogP contribution in [0.3, 0.4) is 0 Å². The molecule has 0 aliphatic carbocycles. The van der Waals surface area contributed by atoms with Gasteiger partial charge in [0.15, 0.2) is 5.60 Å². The van der Waals surface area contributed by atoms with Crippen molar-refractivity contribution in [1.82, 2.24) is 0 Å². The first-order valence-corrected chi connectivity index (χ1v) is 18.8. The fourth-order valence-electron chi connectivity index (χ4n) is 6.22. The van der Waals surface area contributed by atoms with E-state index < -0.39 is 93.3 Å². The van der Waals surface area contributed by atoms with E-state index >= 15 is 0 Å². The summed E-state index contributed by atoms with van der Waals surface area (Å²) in [6.45, 7) is 2.57. The molecule has 21 nitrogen and oxygen atoms in total. The normalized spacial score (nSPS) is 12.4. The molecule has 0 aromatic heterocycles. The zero-order valence-corrected chi connectivity index (χ0v) is 34.5. The second kappa shape index (κ2) is 20.7. The maximum Gasteiger partial charge on any atom is 0.341 e. The van der Waals surface area contributed by atoms with E-state index in [0.29, 0.717) is 0 Å². The molecule has 2 heterocycles. The molecule has 3 aromatic carbocycles. The number of hydrogen-bond acceptors (Lipinski definition) is 21. The van der Waals surface area contributed by atoms with E-state index in [2.05, 4.69) is 0 Å². The minimum absolute atomic E-state index is 0.00176. The number of benzene rings is 3. The van der Waals surface area contributed by atoms with Crippen molar-refractivity contribution in [3.8, 4) is 23.0 Å². The third-order valence-electron chi connectivity index (χ3n) is 8.97. The van der Waals surface area contributed by atoms with E-state index in [0.717, 1.165) is 34.6 Å². The van der Waals surface area contributed by atoms with Gasteiger partial charge in [-0.15, -0.1) is 0 Å². The number of fused-ring (bicyclic) bond motifs is 6. The second-order valence-corrected chi connectivity index (χ2v) is 13.4. The summed E-state index contributed by atoms with van der Waals surface area (Å²) in [5.41, 5.74) is -1.16. The van der Waals surface area contributed by atoms with Crippen LogP contribution >= 0.6 is 0 Å². The summed E-state index contributed by atoms with van der Waals surface area (Å²) in [5, 5.41) is 0. The molecule has 334 valence electrons. The van der Waals surface area contributed by atoms with Crippen LogP contribution in [-0.4, -0.2) is 87.7 Å². The van der Waals surface area contributed by atoms with Crippen molar-refractivity contribution in [2.24, 2.45) is 0 Å². The van der Waals surface area contributed by atoms with E-state index in [9.17, 15) is 43.2 Å². The number of rotatable bonds is 19. The van der Waals surface area contributed by atoms with Crippen molar-refractivity contribution < 1.29 is 100.0 Å². The summed E-state index contributed by atoms with van der Waals surface area (Å²) < 4.78 is 63.7. The summed E-state index contributed by atoms with van der Waals surface area (Å²) in [7, 11) is 0. The van der Waals surface area contributed by atoms with Crippen LogP contribution in [0.4, 0.5) is 0 Å². The molecule has 63 heavy (non-hydrogen) atoms. The van der Waals surface area contributed by atoms with Crippen LogP contribution in [0.25, 0.3) is 0 Å². The molecule has 0 fully saturated rings. The zero-order chi connectivity index (χ0) is 45.8. The lowest BCUT2D eigenvalue weighted by molar-refractivity contribution is -0.167. The molecule has 0 saturated carbocycles. The molecule has 21 heteroatoms. The molecule has 0 unspecified atom stereocenters. The number of hydrogen-bond donors (Lipinski definition) is 0. The molecule has 0 bridgehead atoms. The van der Waals surface area contributed by atoms with Gasteiger partial charge in [0.05, 0.1) is 11.1 Å². The molecule has 1 spiro atoms. The van der Waals surface area contributed by atoms with Crippen LogP contribution in [0.5, 0.6) is 23.0 Å². The van der Waals surface area contributed by atoms with Crippen molar-refractivity contribution in [2.75, 3.05) is 34.0 Å². The molecule has 0 N–H and O–H groups in total. The molecule has 3 aromatic rings. The van der Waals surface area contributed by atoms with Gasteiger partial charge in [0, 0.05) is 76.3 Å². The molecule has 0 radical (unpaired) electrons. The quantitative estimate of drug-likeness (QED) is 0.0943. The highest BCUT2D eigenvalue weighted by Crippen LogP contribution is 2.58. The molecule has 0 atom stereocenters. The molecule has 0 saturated heterocycles. The van der Waals surface area contributed by atoms with Crippen LogP contribution in [0.15, 0.2) is 42.5 Å². The zero-order valence-electron chi connectivity index (χ0n) is 34.5. The lowest BCUT2D eigenvalue weighted by atomic mass is 9.76. The van der Waals surface area contributed by atoms with Gasteiger partial charge in [-0.2, -0.15) is 0 Å². The van der Waals surface area contributed by atoms with Gasteiger partial charge in [0.25, 0.3) is 0 Å². The average Bonchev–Trinajstić information content (AvgIpc) is 3.50. The van der Waals surface area contributed by atoms with Gasteiger partial charge in [-0.25, -0.2) is 9.59 Å². The van der Waals surface area contributed by atoms with Crippen molar-refractivity contribution >= 4 is 53.7 Å². The minimum Gasteiger partial charge on any atom is -0.457 e. The van der Waals surface area contributed by atoms with Crippen molar-refractivity contribution in [3.63, 3.8) is 0 Å². The number of esters is 9. The summed E-state index contributed by atoms with van der Waals surface area (Å²) >= 11 is 0. The van der Waals surface area contributed by atoms with Gasteiger partial charge >= 0.3 is 53.7 Å². The standard InChI is InChI=1S/C42H40O21/c1-22(43)52-17-57-34-15-36-32(12-27(34)7-10-38(48)59-19-54-24(3)45)42(31-14-29(6-9-30(31)41(51)63-42)40(50)61-21-56-26(5)47)33-13-28(8-11-39(49)60-20-55-25(4)46)35(16-37(33)62-36)58-18-53-23(2)44/h6,9,12-16H,7-8,10-11,17-21H2,1-5H3. The first-order chi connectivity index (χ1) is 30.0. The van der Waals surface area contributed by atoms with Crippen LogP contribution in [-0.2, 0) is 94.6 Å². The number of aryl methyl sites for hydroxylation is 2. The molecular formula is C42H40O21. The van der Waals surface area contributed by atoms with Gasteiger partial charge in [0.2, 0.25) is 34.0 Å². The largest absolute Gasteiger partial charge is 0.457 e. The summed E-state index contributed by atoms with van der Waals surface area (Å²) in [6, 6.07) is 9.75. The molecule has 0 amide bonds. The van der Waals surface area contributed by atoms with Gasteiger partial charge in [-0.3, -0.25) is 33.6 Å². The Kier molecular flexibility index (Phi) is 15.2. The van der Waals surface area contributed by atoms with Crippen LogP contribution in [0.1, 0.15) is 96.0 Å². The van der Waals surface area contributed by atoms with Gasteiger partial charge in [-0.05, 0) is 54.3 Å². The van der Waals surface area contributed by atoms with Crippen molar-refractivity contribution in [2.45, 2.75) is 65.9 Å². The highest BCUT2D eigenvalue weighted by Gasteiger charge is 2.54. The van der Waals surface area contributed by atoms with Crippen molar-refractivity contribution in [1.29, 1.82) is 0 Å². The lowest BCUT2D eigenvalue weighted by Crippen LogP contribution is -2.34. The van der Waals surface area contributed by atoms with E-state index in [1.165, 1.54) is 42.5 Å². The maximum absolute atomic E-state index is 14.0. The van der Waals surface area contributed by atoms with Crippen LogP contribution in [0.2, 0.25) is 0 Å². The predicted octanol–water partition coefficient (Wildman–Crippen LogP) is 3.72. The topological polar surface area (TPSA) is 264 Å². The Morgan fingerprint density at radius 3 is 1.38 bits per heavy atom. The Labute approximate surface area is 357 Å². The molecule has 5 rings (SSSR count). The van der Waals surface area contributed by atoms with Gasteiger partial charge < -0.3 is 56.8 Å². The third kappa shape index (κ3) is 11.8. The SMILES string of the molecule is CC(=O)OCOC(=O)CCc1cc2c(cc1OCOC(C)=O)Oc1cc(OCOC(C)=O)c(CCC(=O)OCOC(C)=O)cc1C21OC(=O)c2ccc(C(=O)OCOC(C)=O)cc21. The number of ether oxygens (including phenoxy) is 12. The van der Waals surface area contributed by atoms with Crippen LogP contribution in [0, 0.1) is 0 Å². The number of carbonyl (C=O) groups is 9. The second-order valence-electron chi connectivity index (χ2n) is 13.4. The van der Waals surface area contributed by atoms with Gasteiger partial charge in [0.1, 0.15) is 23.0 Å². The Bertz CT molecular complexity index is 2220. The fourth-order valence-corrected chi connectivity index (χ4v) is 6.22. The lowest BCUT2D eigenvalue weighted by Gasteiger charge is -2.38. The smallest absolute Gasteiger partial charge is 0.341 e. The highest BCUT2D eigenvalue weighted by molar-refractivity contribution is 5.99. The summed E-state index contributed by atoms with van der Waals surface area (Å²) in [6.07, 6.45) is -0.831. The third-order valence-corrected chi connectivity index (χ3v) is 8.97. The van der Waals surface area contributed by atoms with E-state index in [4.69, 9.17) is 56.8 Å². The van der Waals surface area contributed by atoms with E-state index in [1.807, 2.05) is 0 Å². The van der Waals surface area contributed by atoms with E-state index in [1.54, 1.807) is 0 Å². The summed E-state index contributed by atoms with van der Waals surface area (Å²) in [4.78, 5) is 110. The molecule has 2 aliphatic heterocycles. The Hall–Kier alpha value is -7.71. The van der Waals surface area contributed by atoms with Gasteiger partial charge in [-0.1, -0.05) is 0 Å². The Morgan fingerprint density at radius 2 is 0.937 bits per heavy atom. The minimum atomic E-state index is -1.99.